The predicted octanol–water partition coefficient (Wildman–Crippen LogP) is 3.04. The Bertz CT molecular complexity index is 1000. The fraction of sp³-hybridized carbons (Fsp3) is 0.176. The van der Waals surface area contributed by atoms with Crippen molar-refractivity contribution in [2.75, 3.05) is 0 Å². The molecule has 128 valence electrons. The number of hydrogen-bond donors (Lipinski definition) is 0. The molecule has 7 nitrogen and oxygen atoms in total. The van der Waals surface area contributed by atoms with Crippen molar-refractivity contribution in [3.05, 3.63) is 79.6 Å². The van der Waals surface area contributed by atoms with Crippen LogP contribution in [0.1, 0.15) is 22.3 Å². The number of nitro groups is 1. The van der Waals surface area contributed by atoms with Crippen molar-refractivity contribution in [1.82, 2.24) is 0 Å². The van der Waals surface area contributed by atoms with Gasteiger partial charge in [0.05, 0.1) is 4.92 Å². The second-order valence-electron chi connectivity index (χ2n) is 5.55. The molecule has 1 aromatic heterocycles. The highest BCUT2D eigenvalue weighted by Crippen LogP contribution is 2.24. The maximum atomic E-state index is 13.4. The monoisotopic (exact) mass is 345 g/mol. The van der Waals surface area contributed by atoms with Crippen LogP contribution >= 0.6 is 0 Å². The first-order valence-electron chi connectivity index (χ1n) is 7.31. The molecule has 2 aromatic rings. The Balaban J connectivity index is 1.93. The van der Waals surface area contributed by atoms with Gasteiger partial charge in [-0.25, -0.2) is 14.0 Å². The third-order valence-electron chi connectivity index (χ3n) is 3.71. The van der Waals surface area contributed by atoms with E-state index in [1.165, 1.54) is 6.07 Å². The van der Waals surface area contributed by atoms with Crippen LogP contribution in [-0.2, 0) is 4.74 Å². The van der Waals surface area contributed by atoms with Crippen LogP contribution in [0, 0.1) is 17.0 Å². The van der Waals surface area contributed by atoms with E-state index in [0.29, 0.717) is 11.0 Å². The van der Waals surface area contributed by atoms with Gasteiger partial charge in [-0.15, -0.1) is 0 Å². The lowest BCUT2D eigenvalue weighted by Crippen LogP contribution is -2.28. The van der Waals surface area contributed by atoms with Crippen LogP contribution in [0.4, 0.5) is 4.39 Å². The van der Waals surface area contributed by atoms with E-state index in [-0.39, 0.29) is 0 Å². The Kier molecular flexibility index (Phi) is 4.18. The van der Waals surface area contributed by atoms with Crippen LogP contribution in [-0.4, -0.2) is 17.0 Å². The van der Waals surface area contributed by atoms with Gasteiger partial charge in [0, 0.05) is 17.9 Å². The van der Waals surface area contributed by atoms with Crippen LogP contribution in [0.25, 0.3) is 11.0 Å². The Morgan fingerprint density at radius 1 is 1.36 bits per heavy atom. The van der Waals surface area contributed by atoms with Crippen molar-refractivity contribution in [3.63, 3.8) is 0 Å². The molecule has 25 heavy (non-hydrogen) atoms. The third kappa shape index (κ3) is 3.32. The van der Waals surface area contributed by atoms with Gasteiger partial charge in [0.1, 0.15) is 17.0 Å². The Morgan fingerprint density at radius 2 is 2.12 bits per heavy atom. The molecule has 0 amide bonds. The largest absolute Gasteiger partial charge is 0.447 e. The molecular weight excluding hydrogens is 333 g/mol. The van der Waals surface area contributed by atoms with Crippen LogP contribution in [0.2, 0.25) is 0 Å². The Hall–Kier alpha value is -3.29. The minimum atomic E-state index is -1.42. The number of fused-ring (bicyclic) bond motifs is 1. The second-order valence-corrected chi connectivity index (χ2v) is 5.55. The van der Waals surface area contributed by atoms with Gasteiger partial charge < -0.3 is 9.15 Å². The van der Waals surface area contributed by atoms with Crippen LogP contribution in [0.15, 0.2) is 57.2 Å². The lowest BCUT2D eigenvalue weighted by molar-refractivity contribution is -0.436. The number of aryl methyl sites for hydroxylation is 1. The molecule has 0 spiro atoms. The van der Waals surface area contributed by atoms with Crippen molar-refractivity contribution in [3.8, 4) is 0 Å². The zero-order chi connectivity index (χ0) is 18.1. The molecule has 1 atom stereocenters. The molecule has 0 bridgehead atoms. The Labute approximate surface area is 140 Å². The number of nitrogens with zero attached hydrogens (tertiary/aromatic N) is 1. The van der Waals surface area contributed by atoms with Gasteiger partial charge in [0.25, 0.3) is 5.70 Å². The molecule has 1 aliphatic carbocycles. The highest BCUT2D eigenvalue weighted by Gasteiger charge is 2.33. The number of rotatable bonds is 3. The quantitative estimate of drug-likeness (QED) is 0.367. The topological polar surface area (TPSA) is 99.7 Å². The summed E-state index contributed by atoms with van der Waals surface area (Å²) in [6.07, 6.45) is -0.00464. The molecule has 1 aliphatic rings. The number of halogens is 1. The van der Waals surface area contributed by atoms with Gasteiger partial charge in [0.2, 0.25) is 0 Å². The van der Waals surface area contributed by atoms with Gasteiger partial charge in [-0.2, -0.15) is 0 Å². The molecule has 0 N–H and O–H groups in total. The van der Waals surface area contributed by atoms with Crippen molar-refractivity contribution in [2.45, 2.75) is 19.4 Å². The Morgan fingerprint density at radius 3 is 2.84 bits per heavy atom. The molecule has 8 heteroatoms. The summed E-state index contributed by atoms with van der Waals surface area (Å²) in [7, 11) is 0. The van der Waals surface area contributed by atoms with E-state index in [1.807, 2.05) is 6.92 Å². The van der Waals surface area contributed by atoms with E-state index < -0.39 is 46.1 Å². The summed E-state index contributed by atoms with van der Waals surface area (Å²) in [5.74, 6) is -1.77. The average Bonchev–Trinajstić information content (AvgIpc) is 2.54. The molecule has 0 radical (unpaired) electrons. The lowest BCUT2D eigenvalue weighted by atomic mass is 10.1. The summed E-state index contributed by atoms with van der Waals surface area (Å²) in [6, 6.07) is 6.34. The number of benzene rings is 1. The molecule has 1 heterocycles. The zero-order valence-corrected chi connectivity index (χ0v) is 13.0. The summed E-state index contributed by atoms with van der Waals surface area (Å²) >= 11 is 0. The molecule has 1 unspecified atom stereocenters. The van der Waals surface area contributed by atoms with E-state index in [9.17, 15) is 24.1 Å². The summed E-state index contributed by atoms with van der Waals surface area (Å²) in [4.78, 5) is 34.5. The first-order chi connectivity index (χ1) is 11.8. The van der Waals surface area contributed by atoms with E-state index in [0.717, 1.165) is 17.7 Å². The normalized spacial score (nSPS) is 17.0. The maximum Gasteiger partial charge on any atom is 0.351 e. The van der Waals surface area contributed by atoms with E-state index >= 15 is 0 Å². The molecule has 3 rings (SSSR count). The fourth-order valence-electron chi connectivity index (χ4n) is 2.49. The first kappa shape index (κ1) is 16.6. The van der Waals surface area contributed by atoms with Crippen molar-refractivity contribution in [1.29, 1.82) is 0 Å². The van der Waals surface area contributed by atoms with Crippen LogP contribution in [0.3, 0.4) is 0 Å². The standard InChI is InChI=1S/C17H12FNO6/c1-9-2-5-14-10(6-9)7-12(16(20)24-14)17(21)25-15-8-11(18)3-4-13(15)19(22)23/h2-7,15H,8H2,1H3. The van der Waals surface area contributed by atoms with Crippen LogP contribution < -0.4 is 5.63 Å². The fourth-order valence-corrected chi connectivity index (χ4v) is 2.49. The number of hydrogen-bond acceptors (Lipinski definition) is 6. The molecular formula is C17H12FNO6. The van der Waals surface area contributed by atoms with Gasteiger partial charge in [-0.1, -0.05) is 11.6 Å². The molecule has 1 aromatic carbocycles. The maximum absolute atomic E-state index is 13.4. The smallest absolute Gasteiger partial charge is 0.351 e. The average molecular weight is 345 g/mol. The van der Waals surface area contributed by atoms with Crippen molar-refractivity contribution >= 4 is 16.9 Å². The first-order valence-corrected chi connectivity index (χ1v) is 7.31. The third-order valence-corrected chi connectivity index (χ3v) is 3.71. The van der Waals surface area contributed by atoms with Gasteiger partial charge in [-0.05, 0) is 31.2 Å². The molecule has 0 saturated carbocycles. The number of esters is 1. The van der Waals surface area contributed by atoms with Crippen molar-refractivity contribution in [2.24, 2.45) is 0 Å². The van der Waals surface area contributed by atoms with Gasteiger partial charge >= 0.3 is 11.6 Å². The number of carbonyl (C=O) groups is 1. The minimum absolute atomic E-state index is 0.296. The van der Waals surface area contributed by atoms with Gasteiger partial charge in [0.15, 0.2) is 6.10 Å². The zero-order valence-electron chi connectivity index (χ0n) is 13.0. The summed E-state index contributed by atoms with van der Waals surface area (Å²) < 4.78 is 23.4. The summed E-state index contributed by atoms with van der Waals surface area (Å²) in [6.45, 7) is 1.83. The van der Waals surface area contributed by atoms with Crippen molar-refractivity contribution < 1.29 is 23.3 Å². The minimum Gasteiger partial charge on any atom is -0.447 e. The SMILES string of the molecule is Cc1ccc2oc(=O)c(C(=O)OC3CC(F)=CC=C3[N+](=O)[O-])cc2c1. The summed E-state index contributed by atoms with van der Waals surface area (Å²) in [5, 5.41) is 11.5. The number of ether oxygens (including phenoxy) is 1. The van der Waals surface area contributed by atoms with Gasteiger partial charge in [-0.3, -0.25) is 10.1 Å². The molecule has 0 saturated heterocycles. The highest BCUT2D eigenvalue weighted by atomic mass is 19.1. The lowest BCUT2D eigenvalue weighted by Gasteiger charge is -2.16. The number of allylic oxidation sites excluding steroid dienone is 2. The molecule has 0 aliphatic heterocycles. The molecule has 0 fully saturated rings. The number of carbonyl (C=O) groups excluding carboxylic acids is 1. The van der Waals surface area contributed by atoms with E-state index in [2.05, 4.69) is 0 Å². The van der Waals surface area contributed by atoms with Crippen LogP contribution in [0.5, 0.6) is 0 Å². The summed E-state index contributed by atoms with van der Waals surface area (Å²) in [5.41, 5.74) is -0.616. The van der Waals surface area contributed by atoms with E-state index in [4.69, 9.17) is 9.15 Å². The van der Waals surface area contributed by atoms with E-state index in [1.54, 1.807) is 18.2 Å². The second kappa shape index (κ2) is 6.31. The highest BCUT2D eigenvalue weighted by molar-refractivity contribution is 5.93. The predicted molar refractivity (Wildman–Crippen MR) is 85.3 cm³/mol.